The molecule has 2 atom stereocenters. The van der Waals surface area contributed by atoms with E-state index in [9.17, 15) is 9.59 Å². The Balaban J connectivity index is 1.45. The van der Waals surface area contributed by atoms with E-state index in [0.29, 0.717) is 36.5 Å². The zero-order chi connectivity index (χ0) is 32.5. The van der Waals surface area contributed by atoms with E-state index < -0.39 is 0 Å². The number of aromatic nitrogens is 3. The molecule has 10 nitrogen and oxygen atoms in total. The van der Waals surface area contributed by atoms with Gasteiger partial charge in [0.05, 0.1) is 30.3 Å². The maximum absolute atomic E-state index is 13.9. The Hall–Kier alpha value is -4.38. The Kier molecular flexibility index (Phi) is 11.3. The molecule has 1 N–H and O–H groups in total. The number of likely N-dealkylation sites (tertiary alicyclic amines) is 1. The van der Waals surface area contributed by atoms with Crippen LogP contribution in [0, 0.1) is 12.8 Å². The summed E-state index contributed by atoms with van der Waals surface area (Å²) in [5.41, 5.74) is 5.41. The molecule has 1 fully saturated rings. The first-order valence-corrected chi connectivity index (χ1v) is 15.7. The molecular weight excluding hydrogens is 582 g/mol. The Bertz CT molecular complexity index is 1610. The lowest BCUT2D eigenvalue weighted by molar-refractivity contribution is -0.119. The second-order valence-electron chi connectivity index (χ2n) is 11.6. The Morgan fingerprint density at radius 1 is 0.957 bits per heavy atom. The summed E-state index contributed by atoms with van der Waals surface area (Å²) >= 11 is 0. The lowest BCUT2D eigenvalue weighted by Gasteiger charge is -2.18. The van der Waals surface area contributed by atoms with Crippen molar-refractivity contribution in [1.82, 2.24) is 25.0 Å². The van der Waals surface area contributed by atoms with Crippen LogP contribution in [0.5, 0.6) is 5.88 Å². The molecule has 5 rings (SSSR count). The standard InChI is InChI=1S/C36H43N5O5/c1-25-33(21-30(42)19-28-23-40(15-16-44-3)24-32(28)26-11-7-5-8-12-26)41(29-13-9-6-10-14-29)39-34(25)27-20-31(35(43)37-2)36(38-22-27)46-18-17-45-4/h5-14,20,22,28,32H,15-19,21,23-24H2,1-4H3,(H,37,43)/t28-,32+/m1/s1. The van der Waals surface area contributed by atoms with Crippen molar-refractivity contribution < 1.29 is 23.8 Å². The van der Waals surface area contributed by atoms with Crippen LogP contribution in [-0.2, 0) is 20.7 Å². The van der Waals surface area contributed by atoms with Gasteiger partial charge in [-0.1, -0.05) is 48.5 Å². The first kappa shape index (κ1) is 33.0. The molecule has 3 heterocycles. The Labute approximate surface area is 270 Å². The molecule has 10 heteroatoms. The fourth-order valence-corrected chi connectivity index (χ4v) is 6.21. The van der Waals surface area contributed by atoms with E-state index in [2.05, 4.69) is 39.5 Å². The number of methoxy groups -OCH3 is 2. The smallest absolute Gasteiger partial charge is 0.256 e. The topological polar surface area (TPSA) is 108 Å². The predicted octanol–water partition coefficient (Wildman–Crippen LogP) is 4.49. The zero-order valence-electron chi connectivity index (χ0n) is 27.1. The molecule has 1 saturated heterocycles. The third kappa shape index (κ3) is 7.70. The molecule has 1 aliphatic heterocycles. The minimum Gasteiger partial charge on any atom is -0.475 e. The van der Waals surface area contributed by atoms with Crippen LogP contribution in [0.25, 0.3) is 16.9 Å². The summed E-state index contributed by atoms with van der Waals surface area (Å²) in [7, 11) is 4.87. The van der Waals surface area contributed by atoms with Crippen molar-refractivity contribution in [2.45, 2.75) is 25.7 Å². The minimum atomic E-state index is -0.318. The van der Waals surface area contributed by atoms with Gasteiger partial charge in [-0.3, -0.25) is 9.59 Å². The summed E-state index contributed by atoms with van der Waals surface area (Å²) in [6.07, 6.45) is 2.36. The number of hydrogen-bond donors (Lipinski definition) is 1. The summed E-state index contributed by atoms with van der Waals surface area (Å²) in [6, 6.07) is 22.0. The summed E-state index contributed by atoms with van der Waals surface area (Å²) in [4.78, 5) is 33.6. The SMILES string of the molecule is CNC(=O)c1cc(-c2nn(-c3ccccc3)c(CC(=O)C[C@@H]3CN(CCOC)C[C@H]3c3ccccc3)c2C)cnc1OCCOC. The second-order valence-corrected chi connectivity index (χ2v) is 11.6. The number of Topliss-reactive ketones (excluding diaryl/α,β-unsaturated/α-hetero) is 1. The van der Waals surface area contributed by atoms with Gasteiger partial charge in [-0.2, -0.15) is 5.10 Å². The third-order valence-corrected chi connectivity index (χ3v) is 8.58. The zero-order valence-corrected chi connectivity index (χ0v) is 27.1. The number of ether oxygens (including phenoxy) is 3. The molecule has 0 unspecified atom stereocenters. The quantitative estimate of drug-likeness (QED) is 0.193. The molecule has 1 amide bonds. The minimum absolute atomic E-state index is 0.164. The first-order chi connectivity index (χ1) is 22.4. The van der Waals surface area contributed by atoms with Gasteiger partial charge >= 0.3 is 0 Å². The van der Waals surface area contributed by atoms with E-state index in [-0.39, 0.29) is 42.4 Å². The number of ketones is 1. The molecule has 0 saturated carbocycles. The molecule has 0 radical (unpaired) electrons. The maximum atomic E-state index is 13.9. The molecule has 242 valence electrons. The van der Waals surface area contributed by atoms with Crippen molar-refractivity contribution in [2.24, 2.45) is 5.92 Å². The molecule has 0 aliphatic carbocycles. The highest BCUT2D eigenvalue weighted by Gasteiger charge is 2.35. The summed E-state index contributed by atoms with van der Waals surface area (Å²) in [5.74, 6) is 0.541. The van der Waals surface area contributed by atoms with Crippen LogP contribution >= 0.6 is 0 Å². The van der Waals surface area contributed by atoms with Gasteiger partial charge in [0.15, 0.2) is 0 Å². The van der Waals surface area contributed by atoms with Crippen molar-refractivity contribution in [3.05, 3.63) is 95.3 Å². The van der Waals surface area contributed by atoms with Gasteiger partial charge in [-0.15, -0.1) is 0 Å². The maximum Gasteiger partial charge on any atom is 0.256 e. The van der Waals surface area contributed by atoms with Gasteiger partial charge in [0.1, 0.15) is 18.0 Å². The number of rotatable bonds is 15. The van der Waals surface area contributed by atoms with Crippen molar-refractivity contribution in [1.29, 1.82) is 0 Å². The average molecular weight is 626 g/mol. The number of nitrogens with one attached hydrogen (secondary N) is 1. The van der Waals surface area contributed by atoms with E-state index in [4.69, 9.17) is 19.3 Å². The molecular formula is C36H43N5O5. The number of hydrogen-bond acceptors (Lipinski definition) is 8. The van der Waals surface area contributed by atoms with Crippen LogP contribution < -0.4 is 10.1 Å². The molecule has 1 aliphatic rings. The fraction of sp³-hybridized carbons (Fsp3) is 0.389. The number of para-hydroxylation sites is 1. The van der Waals surface area contributed by atoms with Gasteiger partial charge in [0.25, 0.3) is 5.91 Å². The number of pyridine rings is 1. The Morgan fingerprint density at radius 3 is 2.37 bits per heavy atom. The van der Waals surface area contributed by atoms with Gasteiger partial charge < -0.3 is 24.4 Å². The molecule has 2 aromatic carbocycles. The second kappa shape index (κ2) is 15.8. The summed E-state index contributed by atoms with van der Waals surface area (Å²) in [5, 5.41) is 7.65. The lowest BCUT2D eigenvalue weighted by Crippen LogP contribution is -2.25. The van der Waals surface area contributed by atoms with Crippen LogP contribution in [0.2, 0.25) is 0 Å². The number of amides is 1. The van der Waals surface area contributed by atoms with E-state index in [0.717, 1.165) is 36.6 Å². The van der Waals surface area contributed by atoms with Crippen molar-refractivity contribution in [3.8, 4) is 22.8 Å². The highest BCUT2D eigenvalue weighted by atomic mass is 16.5. The van der Waals surface area contributed by atoms with E-state index >= 15 is 0 Å². The lowest BCUT2D eigenvalue weighted by atomic mass is 9.85. The molecule has 2 aromatic heterocycles. The van der Waals surface area contributed by atoms with Crippen LogP contribution in [0.4, 0.5) is 0 Å². The molecule has 46 heavy (non-hydrogen) atoms. The largest absolute Gasteiger partial charge is 0.475 e. The first-order valence-electron chi connectivity index (χ1n) is 15.7. The number of carbonyl (C=O) groups excluding carboxylic acids is 2. The predicted molar refractivity (Wildman–Crippen MR) is 177 cm³/mol. The van der Waals surface area contributed by atoms with Gasteiger partial charge in [-0.25, -0.2) is 9.67 Å². The third-order valence-electron chi connectivity index (χ3n) is 8.58. The summed E-state index contributed by atoms with van der Waals surface area (Å²) in [6.45, 7) is 5.87. The van der Waals surface area contributed by atoms with E-state index in [1.807, 2.05) is 48.0 Å². The number of carbonyl (C=O) groups is 2. The molecule has 0 spiro atoms. The molecule has 0 bridgehead atoms. The van der Waals surface area contributed by atoms with Crippen molar-refractivity contribution >= 4 is 11.7 Å². The van der Waals surface area contributed by atoms with E-state index in [1.54, 1.807) is 33.5 Å². The highest BCUT2D eigenvalue weighted by molar-refractivity contribution is 5.97. The molecule has 4 aromatic rings. The van der Waals surface area contributed by atoms with Crippen molar-refractivity contribution in [2.75, 3.05) is 60.7 Å². The number of benzene rings is 2. The van der Waals surface area contributed by atoms with Gasteiger partial charge in [0, 0.05) is 71.4 Å². The summed E-state index contributed by atoms with van der Waals surface area (Å²) < 4.78 is 18.0. The van der Waals surface area contributed by atoms with Crippen LogP contribution in [-0.4, -0.2) is 92.1 Å². The average Bonchev–Trinajstić information content (AvgIpc) is 3.64. The fourth-order valence-electron chi connectivity index (χ4n) is 6.21. The van der Waals surface area contributed by atoms with Crippen molar-refractivity contribution in [3.63, 3.8) is 0 Å². The van der Waals surface area contributed by atoms with Crippen LogP contribution in [0.3, 0.4) is 0 Å². The number of nitrogens with zero attached hydrogens (tertiary/aromatic N) is 4. The Morgan fingerprint density at radius 2 is 1.67 bits per heavy atom. The van der Waals surface area contributed by atoms with Gasteiger partial charge in [-0.05, 0) is 42.2 Å². The van der Waals surface area contributed by atoms with E-state index in [1.165, 1.54) is 5.56 Å². The normalized spacial score (nSPS) is 16.4. The van der Waals surface area contributed by atoms with Gasteiger partial charge in [0.2, 0.25) is 5.88 Å². The monoisotopic (exact) mass is 625 g/mol. The van der Waals surface area contributed by atoms with Crippen LogP contribution in [0.15, 0.2) is 72.9 Å². The highest BCUT2D eigenvalue weighted by Crippen LogP contribution is 2.36. The van der Waals surface area contributed by atoms with Crippen LogP contribution in [0.1, 0.15) is 39.5 Å².